The molecule has 1 aliphatic rings. The van der Waals surface area contributed by atoms with Crippen molar-refractivity contribution in [2.45, 2.75) is 46.1 Å². The second-order valence-corrected chi connectivity index (χ2v) is 6.96. The van der Waals surface area contributed by atoms with E-state index in [1.165, 1.54) is 0 Å². The number of carbonyl (C=O) groups is 2. The Bertz CT molecular complexity index is 786. The molecule has 5 nitrogen and oxygen atoms in total. The molecule has 2 amide bonds. The van der Waals surface area contributed by atoms with Gasteiger partial charge in [0.05, 0.1) is 0 Å². The van der Waals surface area contributed by atoms with Crippen LogP contribution in [0.25, 0.3) is 10.9 Å². The number of carbonyl (C=O) groups excluding carboxylic acids is 2. The second kappa shape index (κ2) is 7.30. The van der Waals surface area contributed by atoms with Gasteiger partial charge in [0.15, 0.2) is 0 Å². The van der Waals surface area contributed by atoms with Crippen molar-refractivity contribution >= 4 is 22.7 Å². The van der Waals surface area contributed by atoms with Crippen LogP contribution < -0.4 is 5.73 Å². The first kappa shape index (κ1) is 17.5. The smallest absolute Gasteiger partial charge is 0.270 e. The number of piperidine rings is 1. The Balaban J connectivity index is 1.93. The number of aromatic nitrogens is 1. The summed E-state index contributed by atoms with van der Waals surface area (Å²) >= 11 is 0. The van der Waals surface area contributed by atoms with Crippen LogP contribution >= 0.6 is 0 Å². The molecule has 2 N–H and O–H groups in total. The Morgan fingerprint density at radius 3 is 2.52 bits per heavy atom. The maximum Gasteiger partial charge on any atom is 0.270 e. The molecule has 2 aromatic rings. The first-order chi connectivity index (χ1) is 12.0. The first-order valence-electron chi connectivity index (χ1n) is 9.21. The van der Waals surface area contributed by atoms with Gasteiger partial charge >= 0.3 is 0 Å². The predicted molar refractivity (Wildman–Crippen MR) is 99.4 cm³/mol. The van der Waals surface area contributed by atoms with E-state index in [9.17, 15) is 9.59 Å². The zero-order valence-electron chi connectivity index (χ0n) is 15.1. The van der Waals surface area contributed by atoms with Crippen molar-refractivity contribution in [3.8, 4) is 0 Å². The fourth-order valence-corrected chi connectivity index (χ4v) is 3.82. The summed E-state index contributed by atoms with van der Waals surface area (Å²) in [5.74, 6) is -0.274. The molecule has 0 unspecified atom stereocenters. The van der Waals surface area contributed by atoms with Crippen LogP contribution in [0.4, 0.5) is 0 Å². The lowest BCUT2D eigenvalue weighted by Gasteiger charge is -2.31. The molecule has 1 aliphatic heterocycles. The number of nitrogens with two attached hydrogens (primary N) is 1. The molecule has 5 heteroatoms. The molecule has 1 aromatic heterocycles. The number of aryl methyl sites for hydroxylation is 2. The zero-order chi connectivity index (χ0) is 18.0. The number of nitrogens with zero attached hydrogens (tertiary/aromatic N) is 2. The molecule has 3 rings (SSSR count). The van der Waals surface area contributed by atoms with E-state index >= 15 is 0 Å². The Kier molecular flexibility index (Phi) is 5.11. The van der Waals surface area contributed by atoms with Gasteiger partial charge in [0.2, 0.25) is 5.91 Å². The highest BCUT2D eigenvalue weighted by molar-refractivity contribution is 6.01. The molecule has 1 aromatic carbocycles. The molecule has 0 spiro atoms. The van der Waals surface area contributed by atoms with E-state index in [-0.39, 0.29) is 17.7 Å². The van der Waals surface area contributed by atoms with Gasteiger partial charge < -0.3 is 15.2 Å². The summed E-state index contributed by atoms with van der Waals surface area (Å²) in [5.41, 5.74) is 8.38. The quantitative estimate of drug-likeness (QED) is 0.908. The average Bonchev–Trinajstić information content (AvgIpc) is 2.91. The number of fused-ring (bicyclic) bond motifs is 1. The molecular formula is C20H27N3O2. The number of unbranched alkanes of at least 4 members (excludes halogenated alkanes) is 1. The summed E-state index contributed by atoms with van der Waals surface area (Å²) in [7, 11) is 0. The van der Waals surface area contributed by atoms with Crippen molar-refractivity contribution in [1.29, 1.82) is 0 Å². The number of likely N-dealkylation sites (tertiary alicyclic amines) is 1. The Morgan fingerprint density at radius 1 is 1.20 bits per heavy atom. The van der Waals surface area contributed by atoms with Crippen LogP contribution in [-0.4, -0.2) is 34.4 Å². The normalized spacial score (nSPS) is 15.7. The number of amides is 2. The molecule has 2 heterocycles. The van der Waals surface area contributed by atoms with E-state index in [1.54, 1.807) is 0 Å². The third kappa shape index (κ3) is 3.28. The predicted octanol–water partition coefficient (Wildman–Crippen LogP) is 3.09. The SMILES string of the molecule is CCCCn1c(C(=O)N2CCC(C(N)=O)CC2)c(C)c2ccccc21. The maximum atomic E-state index is 13.2. The molecule has 0 atom stereocenters. The molecule has 134 valence electrons. The number of hydrogen-bond acceptors (Lipinski definition) is 2. The van der Waals surface area contributed by atoms with Gasteiger partial charge in [-0.3, -0.25) is 9.59 Å². The third-order valence-corrected chi connectivity index (χ3v) is 5.35. The molecule has 1 fully saturated rings. The molecule has 0 bridgehead atoms. The maximum absolute atomic E-state index is 13.2. The van der Waals surface area contributed by atoms with Gasteiger partial charge in [-0.1, -0.05) is 31.5 Å². The van der Waals surface area contributed by atoms with E-state index in [2.05, 4.69) is 23.6 Å². The molecule has 0 aliphatic carbocycles. The minimum atomic E-state index is -0.250. The third-order valence-electron chi connectivity index (χ3n) is 5.35. The minimum absolute atomic E-state index is 0.0766. The average molecular weight is 341 g/mol. The fourth-order valence-electron chi connectivity index (χ4n) is 3.82. The number of benzene rings is 1. The lowest BCUT2D eigenvalue weighted by Crippen LogP contribution is -2.42. The van der Waals surface area contributed by atoms with Gasteiger partial charge in [0.25, 0.3) is 5.91 Å². The fraction of sp³-hybridized carbons (Fsp3) is 0.500. The van der Waals surface area contributed by atoms with Crippen LogP contribution in [0, 0.1) is 12.8 Å². The minimum Gasteiger partial charge on any atom is -0.369 e. The largest absolute Gasteiger partial charge is 0.369 e. The summed E-state index contributed by atoms with van der Waals surface area (Å²) in [6.45, 7) is 6.24. The van der Waals surface area contributed by atoms with E-state index in [0.717, 1.165) is 41.5 Å². The van der Waals surface area contributed by atoms with Crippen LogP contribution in [0.5, 0.6) is 0 Å². The van der Waals surface area contributed by atoms with Crippen LogP contribution in [0.1, 0.15) is 48.7 Å². The number of hydrogen-bond donors (Lipinski definition) is 1. The summed E-state index contributed by atoms with van der Waals surface area (Å²) in [4.78, 5) is 26.5. The van der Waals surface area contributed by atoms with E-state index in [4.69, 9.17) is 5.73 Å². The summed E-state index contributed by atoms with van der Waals surface area (Å²) in [6, 6.07) is 8.22. The molecular weight excluding hydrogens is 314 g/mol. The standard InChI is InChI=1S/C20H27N3O2/c1-3-4-11-23-17-8-6-5-7-16(17)14(2)18(23)20(25)22-12-9-15(10-13-22)19(21)24/h5-8,15H,3-4,9-13H2,1-2H3,(H2,21,24). The summed E-state index contributed by atoms with van der Waals surface area (Å²) < 4.78 is 2.18. The van der Waals surface area contributed by atoms with Gasteiger partial charge in [-0.15, -0.1) is 0 Å². The molecule has 0 radical (unpaired) electrons. The Labute approximate surface area is 148 Å². The van der Waals surface area contributed by atoms with Crippen molar-refractivity contribution in [2.75, 3.05) is 13.1 Å². The highest BCUT2D eigenvalue weighted by Crippen LogP contribution is 2.28. The highest BCUT2D eigenvalue weighted by Gasteiger charge is 2.29. The van der Waals surface area contributed by atoms with Crippen molar-refractivity contribution in [3.63, 3.8) is 0 Å². The van der Waals surface area contributed by atoms with E-state index < -0.39 is 0 Å². The number of para-hydroxylation sites is 1. The lowest BCUT2D eigenvalue weighted by atomic mass is 9.96. The number of primary amides is 1. The van der Waals surface area contributed by atoms with Crippen LogP contribution in [0.2, 0.25) is 0 Å². The monoisotopic (exact) mass is 341 g/mol. The van der Waals surface area contributed by atoms with Crippen molar-refractivity contribution in [3.05, 3.63) is 35.5 Å². The van der Waals surface area contributed by atoms with Gasteiger partial charge in [0, 0.05) is 36.5 Å². The zero-order valence-corrected chi connectivity index (χ0v) is 15.1. The van der Waals surface area contributed by atoms with E-state index in [1.807, 2.05) is 24.0 Å². The topological polar surface area (TPSA) is 68.3 Å². The second-order valence-electron chi connectivity index (χ2n) is 6.96. The molecule has 25 heavy (non-hydrogen) atoms. The van der Waals surface area contributed by atoms with Crippen molar-refractivity contribution < 1.29 is 9.59 Å². The molecule has 1 saturated heterocycles. The van der Waals surface area contributed by atoms with Crippen molar-refractivity contribution in [2.24, 2.45) is 11.7 Å². The highest BCUT2D eigenvalue weighted by atomic mass is 16.2. The molecule has 0 saturated carbocycles. The van der Waals surface area contributed by atoms with Gasteiger partial charge in [-0.2, -0.15) is 0 Å². The van der Waals surface area contributed by atoms with Gasteiger partial charge in [-0.05, 0) is 37.8 Å². The Hall–Kier alpha value is -2.30. The summed E-state index contributed by atoms with van der Waals surface area (Å²) in [5, 5.41) is 1.15. The lowest BCUT2D eigenvalue weighted by molar-refractivity contribution is -0.123. The van der Waals surface area contributed by atoms with Crippen LogP contribution in [-0.2, 0) is 11.3 Å². The first-order valence-corrected chi connectivity index (χ1v) is 9.21. The van der Waals surface area contributed by atoms with Gasteiger partial charge in [-0.25, -0.2) is 0 Å². The van der Waals surface area contributed by atoms with Crippen LogP contribution in [0.15, 0.2) is 24.3 Å². The van der Waals surface area contributed by atoms with Crippen LogP contribution in [0.3, 0.4) is 0 Å². The number of rotatable bonds is 5. The Morgan fingerprint density at radius 2 is 1.88 bits per heavy atom. The summed E-state index contributed by atoms with van der Waals surface area (Å²) in [6.07, 6.45) is 3.45. The van der Waals surface area contributed by atoms with Crippen molar-refractivity contribution in [1.82, 2.24) is 9.47 Å². The van der Waals surface area contributed by atoms with Gasteiger partial charge in [0.1, 0.15) is 5.69 Å². The van der Waals surface area contributed by atoms with E-state index in [0.29, 0.717) is 25.9 Å².